The molecule has 0 aliphatic carbocycles. The Hall–Kier alpha value is -4.14. The molecule has 1 atom stereocenters. The lowest BCUT2D eigenvalue weighted by atomic mass is 9.81. The van der Waals surface area contributed by atoms with Crippen molar-refractivity contribution in [1.82, 2.24) is 5.16 Å². The molecule has 5 rings (SSSR count). The van der Waals surface area contributed by atoms with E-state index >= 15 is 0 Å². The average Bonchev–Trinajstić information content (AvgIpc) is 3.45. The van der Waals surface area contributed by atoms with Crippen LogP contribution in [0.3, 0.4) is 0 Å². The van der Waals surface area contributed by atoms with Gasteiger partial charge in [-0.1, -0.05) is 5.16 Å². The highest BCUT2D eigenvalue weighted by Gasteiger charge is 2.43. The molecule has 9 nitrogen and oxygen atoms in total. The van der Waals surface area contributed by atoms with Crippen molar-refractivity contribution in [2.45, 2.75) is 5.92 Å². The number of methoxy groups -OCH3 is 4. The van der Waals surface area contributed by atoms with Gasteiger partial charge in [-0.25, -0.2) is 4.79 Å². The summed E-state index contributed by atoms with van der Waals surface area (Å²) >= 11 is 0. The minimum atomic E-state index is -0.525. The molecule has 33 heavy (non-hydrogen) atoms. The number of fused-ring (bicyclic) bond motifs is 1. The lowest BCUT2D eigenvalue weighted by molar-refractivity contribution is -0.136. The fourth-order valence-electron chi connectivity index (χ4n) is 4.31. The molecule has 3 aromatic rings. The molecule has 0 fully saturated rings. The number of carbonyl (C=O) groups excluding carboxylic acids is 1. The van der Waals surface area contributed by atoms with Crippen LogP contribution in [0, 0.1) is 0 Å². The monoisotopic (exact) mass is 450 g/mol. The van der Waals surface area contributed by atoms with Gasteiger partial charge in [-0.3, -0.25) is 0 Å². The van der Waals surface area contributed by atoms with E-state index in [0.717, 1.165) is 16.9 Å². The number of hydrogen-bond acceptors (Lipinski definition) is 9. The van der Waals surface area contributed by atoms with Crippen molar-refractivity contribution >= 4 is 11.9 Å². The van der Waals surface area contributed by atoms with Gasteiger partial charge in [0.2, 0.25) is 11.6 Å². The van der Waals surface area contributed by atoms with Crippen LogP contribution in [0.2, 0.25) is 0 Å². The summed E-state index contributed by atoms with van der Waals surface area (Å²) in [5, 5.41) is 7.50. The zero-order valence-electron chi connectivity index (χ0n) is 18.6. The molecule has 3 heterocycles. The van der Waals surface area contributed by atoms with E-state index in [1.165, 1.54) is 0 Å². The second kappa shape index (κ2) is 8.09. The van der Waals surface area contributed by atoms with Crippen molar-refractivity contribution in [1.29, 1.82) is 0 Å². The molecular formula is C24H22N2O7. The highest BCUT2D eigenvalue weighted by Crippen LogP contribution is 2.51. The Kier molecular flexibility index (Phi) is 5.08. The third kappa shape index (κ3) is 3.24. The number of esters is 1. The van der Waals surface area contributed by atoms with E-state index in [4.69, 9.17) is 28.2 Å². The summed E-state index contributed by atoms with van der Waals surface area (Å²) in [6.07, 6.45) is 0. The first-order chi connectivity index (χ1) is 16.1. The zero-order chi connectivity index (χ0) is 23.1. The molecule has 1 unspecified atom stereocenters. The summed E-state index contributed by atoms with van der Waals surface area (Å²) in [6, 6.07) is 11.1. The van der Waals surface area contributed by atoms with E-state index in [0.29, 0.717) is 45.7 Å². The van der Waals surface area contributed by atoms with Crippen LogP contribution in [0.1, 0.15) is 17.0 Å². The van der Waals surface area contributed by atoms with E-state index in [1.807, 2.05) is 36.4 Å². The van der Waals surface area contributed by atoms with Gasteiger partial charge >= 0.3 is 5.97 Å². The normalized spacial score (nSPS) is 16.5. The lowest BCUT2D eigenvalue weighted by Gasteiger charge is -2.25. The summed E-state index contributed by atoms with van der Waals surface area (Å²) in [4.78, 5) is 12.8. The molecule has 9 heteroatoms. The molecule has 0 saturated heterocycles. The van der Waals surface area contributed by atoms with Gasteiger partial charge in [-0.05, 0) is 42.0 Å². The van der Waals surface area contributed by atoms with E-state index in [9.17, 15) is 4.79 Å². The molecule has 170 valence electrons. The van der Waals surface area contributed by atoms with Crippen LogP contribution < -0.4 is 24.3 Å². The predicted molar refractivity (Wildman–Crippen MR) is 118 cm³/mol. The third-order valence-corrected chi connectivity index (χ3v) is 5.85. The highest BCUT2D eigenvalue weighted by molar-refractivity contribution is 5.98. The largest absolute Gasteiger partial charge is 0.497 e. The average molecular weight is 450 g/mol. The van der Waals surface area contributed by atoms with Crippen molar-refractivity contribution in [3.8, 4) is 34.3 Å². The number of aromatic nitrogens is 1. The fourth-order valence-corrected chi connectivity index (χ4v) is 4.31. The van der Waals surface area contributed by atoms with Crippen LogP contribution in [-0.4, -0.2) is 46.2 Å². The van der Waals surface area contributed by atoms with E-state index in [2.05, 4.69) is 10.5 Å². The Bertz CT molecular complexity index is 1240. The summed E-state index contributed by atoms with van der Waals surface area (Å²) in [5.74, 6) is 1.66. The molecule has 0 saturated carbocycles. The van der Waals surface area contributed by atoms with Gasteiger partial charge in [-0.2, -0.15) is 0 Å². The molecule has 1 N–H and O–H groups in total. The van der Waals surface area contributed by atoms with Gasteiger partial charge < -0.3 is 33.5 Å². The summed E-state index contributed by atoms with van der Waals surface area (Å²) < 4.78 is 32.9. The Morgan fingerprint density at radius 1 is 0.970 bits per heavy atom. The van der Waals surface area contributed by atoms with E-state index in [-0.39, 0.29) is 6.61 Å². The molecule has 1 aromatic heterocycles. The van der Waals surface area contributed by atoms with Crippen LogP contribution in [0.15, 0.2) is 52.2 Å². The van der Waals surface area contributed by atoms with Crippen molar-refractivity contribution in [2.75, 3.05) is 40.4 Å². The predicted octanol–water partition coefficient (Wildman–Crippen LogP) is 3.74. The molecule has 0 amide bonds. The number of rotatable bonds is 6. The SMILES string of the molecule is COc1ccc(-c2noc3c2C(c2cc(OC)c(OC)c(OC)c2)C2=C(COC2=O)N3)cc1. The maximum absolute atomic E-state index is 12.8. The van der Waals surface area contributed by atoms with Gasteiger partial charge in [0.05, 0.1) is 51.2 Å². The maximum atomic E-state index is 12.8. The Balaban J connectivity index is 1.73. The number of anilines is 1. The summed E-state index contributed by atoms with van der Waals surface area (Å²) in [7, 11) is 6.24. The first-order valence-corrected chi connectivity index (χ1v) is 10.2. The zero-order valence-corrected chi connectivity index (χ0v) is 18.6. The first-order valence-electron chi connectivity index (χ1n) is 10.2. The Labute approximate surface area is 189 Å². The first kappa shape index (κ1) is 20.7. The van der Waals surface area contributed by atoms with E-state index in [1.54, 1.807) is 28.4 Å². The topological polar surface area (TPSA) is 101 Å². The summed E-state index contributed by atoms with van der Waals surface area (Å²) in [5.41, 5.74) is 4.02. The second-order valence-corrected chi connectivity index (χ2v) is 7.49. The quantitative estimate of drug-likeness (QED) is 0.563. The molecule has 0 radical (unpaired) electrons. The lowest BCUT2D eigenvalue weighted by Crippen LogP contribution is -2.19. The molecule has 0 spiro atoms. The number of cyclic esters (lactones) is 1. The third-order valence-electron chi connectivity index (χ3n) is 5.85. The number of carbonyl (C=O) groups is 1. The van der Waals surface area contributed by atoms with Crippen LogP contribution in [0.5, 0.6) is 23.0 Å². The van der Waals surface area contributed by atoms with Crippen molar-refractivity contribution in [3.63, 3.8) is 0 Å². The molecule has 0 bridgehead atoms. The highest BCUT2D eigenvalue weighted by atomic mass is 16.5. The molecular weight excluding hydrogens is 428 g/mol. The Morgan fingerprint density at radius 3 is 2.27 bits per heavy atom. The fraction of sp³-hybridized carbons (Fsp3) is 0.250. The number of nitrogens with zero attached hydrogens (tertiary/aromatic N) is 1. The standard InChI is InChI=1S/C24H22N2O7/c1-28-14-7-5-12(6-8-14)21-20-18(13-9-16(29-2)22(31-4)17(10-13)30-3)19-15(11-32-24(19)27)25-23(20)33-26-21/h5-10,18,25H,11H2,1-4H3. The van der Waals surface area contributed by atoms with Gasteiger partial charge in [0.15, 0.2) is 11.5 Å². The number of benzene rings is 2. The molecule has 2 aliphatic rings. The van der Waals surface area contributed by atoms with Crippen molar-refractivity contribution < 1.29 is 33.0 Å². The minimum absolute atomic E-state index is 0.132. The Morgan fingerprint density at radius 2 is 1.67 bits per heavy atom. The van der Waals surface area contributed by atoms with Crippen LogP contribution in [0.4, 0.5) is 5.88 Å². The number of hydrogen-bond donors (Lipinski definition) is 1. The van der Waals surface area contributed by atoms with E-state index < -0.39 is 11.9 Å². The van der Waals surface area contributed by atoms with Gasteiger partial charge in [-0.15, -0.1) is 0 Å². The molecule has 2 aromatic carbocycles. The smallest absolute Gasteiger partial charge is 0.337 e. The van der Waals surface area contributed by atoms with Gasteiger partial charge in [0.1, 0.15) is 18.1 Å². The van der Waals surface area contributed by atoms with Gasteiger partial charge in [0.25, 0.3) is 0 Å². The number of nitrogens with one attached hydrogen (secondary N) is 1. The van der Waals surface area contributed by atoms with Gasteiger partial charge in [0, 0.05) is 5.56 Å². The van der Waals surface area contributed by atoms with Crippen molar-refractivity contribution in [2.24, 2.45) is 0 Å². The summed E-state index contributed by atoms with van der Waals surface area (Å²) in [6.45, 7) is 0.132. The van der Waals surface area contributed by atoms with Crippen LogP contribution in [-0.2, 0) is 9.53 Å². The van der Waals surface area contributed by atoms with Crippen molar-refractivity contribution in [3.05, 3.63) is 58.8 Å². The molecule has 2 aliphatic heterocycles. The van der Waals surface area contributed by atoms with Crippen LogP contribution in [0.25, 0.3) is 11.3 Å². The second-order valence-electron chi connectivity index (χ2n) is 7.49. The van der Waals surface area contributed by atoms with Crippen LogP contribution >= 0.6 is 0 Å². The maximum Gasteiger partial charge on any atom is 0.337 e. The minimum Gasteiger partial charge on any atom is -0.497 e. The number of ether oxygens (including phenoxy) is 5.